The van der Waals surface area contributed by atoms with Crippen molar-refractivity contribution in [2.24, 2.45) is 10.8 Å². The summed E-state index contributed by atoms with van der Waals surface area (Å²) in [5.41, 5.74) is 0.0197. The Morgan fingerprint density at radius 1 is 0.621 bits per heavy atom. The number of hydrogen-bond donors (Lipinski definition) is 2. The van der Waals surface area contributed by atoms with Crippen LogP contribution < -0.4 is 10.6 Å². The van der Waals surface area contributed by atoms with Crippen molar-refractivity contribution in [2.45, 2.75) is 144 Å². The van der Waals surface area contributed by atoms with Crippen molar-refractivity contribution in [1.29, 1.82) is 0 Å². The predicted molar refractivity (Wildman–Crippen MR) is 131 cm³/mol. The van der Waals surface area contributed by atoms with Crippen LogP contribution in [0.25, 0.3) is 0 Å². The summed E-state index contributed by atoms with van der Waals surface area (Å²) in [7, 11) is 4.17. The molecule has 0 aromatic heterocycles. The van der Waals surface area contributed by atoms with E-state index in [1.165, 1.54) is 0 Å². The van der Waals surface area contributed by atoms with Gasteiger partial charge < -0.3 is 15.4 Å². The van der Waals surface area contributed by atoms with Crippen LogP contribution in [0.4, 0.5) is 0 Å². The zero-order chi connectivity index (χ0) is 23.4. The van der Waals surface area contributed by atoms with Crippen LogP contribution in [0.15, 0.2) is 0 Å². The van der Waals surface area contributed by atoms with E-state index in [2.05, 4.69) is 108 Å². The van der Waals surface area contributed by atoms with E-state index in [-0.39, 0.29) is 33.1 Å². The minimum atomic E-state index is -0.192. The normalized spacial score (nSPS) is 21.7. The summed E-state index contributed by atoms with van der Waals surface area (Å²) in [6, 6.07) is 0. The molecule has 176 valence electrons. The van der Waals surface area contributed by atoms with Crippen molar-refractivity contribution >= 4 is 0 Å². The lowest BCUT2D eigenvalue weighted by atomic mass is 9.62. The maximum atomic E-state index is 7.21. The molecule has 0 aliphatic rings. The molecule has 0 aromatic carbocycles. The molecule has 0 aromatic rings. The Morgan fingerprint density at radius 2 is 1.14 bits per heavy atom. The summed E-state index contributed by atoms with van der Waals surface area (Å²) in [6.45, 7) is 28.1. The third kappa shape index (κ3) is 6.43. The second kappa shape index (κ2) is 10.0. The van der Waals surface area contributed by atoms with E-state index in [1.54, 1.807) is 0 Å². The molecular formula is C26H56N2O. The molecule has 0 aliphatic heterocycles. The maximum Gasteiger partial charge on any atom is 0.0710 e. The maximum absolute atomic E-state index is 7.21. The van der Waals surface area contributed by atoms with Gasteiger partial charge in [0.15, 0.2) is 0 Å². The zero-order valence-electron chi connectivity index (χ0n) is 22.7. The molecule has 29 heavy (non-hydrogen) atoms. The van der Waals surface area contributed by atoms with Crippen molar-refractivity contribution in [3.8, 4) is 0 Å². The minimum absolute atomic E-state index is 0.0460. The highest BCUT2D eigenvalue weighted by Crippen LogP contribution is 2.50. The zero-order valence-corrected chi connectivity index (χ0v) is 22.7. The standard InChI is InChI=1S/C26H56N2O/c1-15-23(9,25(11,17-3)28-14)20-24(10,16-2)29-26(12,18-4)21(5,6)19-22(7,8)27-13/h27-28H,15-20H2,1-14H3. The van der Waals surface area contributed by atoms with Gasteiger partial charge in [-0.2, -0.15) is 0 Å². The molecule has 0 fully saturated rings. The first-order chi connectivity index (χ1) is 13.0. The number of nitrogens with one attached hydrogen (secondary N) is 2. The molecule has 3 nitrogen and oxygen atoms in total. The lowest BCUT2D eigenvalue weighted by molar-refractivity contribution is -0.213. The lowest BCUT2D eigenvalue weighted by Crippen LogP contribution is -2.58. The van der Waals surface area contributed by atoms with Gasteiger partial charge in [0.1, 0.15) is 0 Å². The van der Waals surface area contributed by atoms with Crippen LogP contribution in [0.3, 0.4) is 0 Å². The first kappa shape index (κ1) is 28.9. The monoisotopic (exact) mass is 412 g/mol. The fourth-order valence-electron chi connectivity index (χ4n) is 5.29. The van der Waals surface area contributed by atoms with Crippen LogP contribution in [-0.4, -0.2) is 36.4 Å². The smallest absolute Gasteiger partial charge is 0.0710 e. The van der Waals surface area contributed by atoms with Crippen molar-refractivity contribution < 1.29 is 4.74 Å². The van der Waals surface area contributed by atoms with E-state index in [0.717, 1.165) is 38.5 Å². The highest BCUT2D eigenvalue weighted by atomic mass is 16.5. The Kier molecular flexibility index (Phi) is 9.96. The molecule has 4 atom stereocenters. The minimum Gasteiger partial charge on any atom is -0.369 e. The van der Waals surface area contributed by atoms with Crippen LogP contribution in [0.1, 0.15) is 122 Å². The Balaban J connectivity index is 5.99. The van der Waals surface area contributed by atoms with E-state index in [9.17, 15) is 0 Å². The van der Waals surface area contributed by atoms with Gasteiger partial charge in [0, 0.05) is 11.1 Å². The van der Waals surface area contributed by atoms with Gasteiger partial charge in [0.05, 0.1) is 11.2 Å². The molecule has 3 heteroatoms. The largest absolute Gasteiger partial charge is 0.369 e. The van der Waals surface area contributed by atoms with Crippen molar-refractivity contribution in [2.75, 3.05) is 14.1 Å². The Hall–Kier alpha value is -0.120. The molecule has 0 amide bonds. The van der Waals surface area contributed by atoms with Gasteiger partial charge in [0.25, 0.3) is 0 Å². The van der Waals surface area contributed by atoms with Gasteiger partial charge in [-0.15, -0.1) is 0 Å². The van der Waals surface area contributed by atoms with Gasteiger partial charge in [-0.3, -0.25) is 0 Å². The third-order valence-corrected chi connectivity index (χ3v) is 9.02. The molecule has 0 spiro atoms. The number of rotatable bonds is 14. The van der Waals surface area contributed by atoms with Crippen molar-refractivity contribution in [3.05, 3.63) is 0 Å². The average molecular weight is 413 g/mol. The molecule has 0 saturated carbocycles. The van der Waals surface area contributed by atoms with Crippen LogP contribution in [0.5, 0.6) is 0 Å². The quantitative estimate of drug-likeness (QED) is 0.324. The molecule has 0 rings (SSSR count). The summed E-state index contributed by atoms with van der Waals surface area (Å²) >= 11 is 0. The fraction of sp³-hybridized carbons (Fsp3) is 1.00. The predicted octanol–water partition coefficient (Wildman–Crippen LogP) is 6.95. The van der Waals surface area contributed by atoms with Gasteiger partial charge in [-0.25, -0.2) is 0 Å². The number of hydrogen-bond acceptors (Lipinski definition) is 3. The van der Waals surface area contributed by atoms with Gasteiger partial charge in [0.2, 0.25) is 0 Å². The van der Waals surface area contributed by atoms with Crippen molar-refractivity contribution in [3.63, 3.8) is 0 Å². The average Bonchev–Trinajstić information content (AvgIpc) is 2.65. The summed E-state index contributed by atoms with van der Waals surface area (Å²) in [6.07, 6.45) is 6.40. The molecular weight excluding hydrogens is 356 g/mol. The van der Waals surface area contributed by atoms with Gasteiger partial charge in [-0.05, 0) is 98.1 Å². The summed E-state index contributed by atoms with van der Waals surface area (Å²) in [5.74, 6) is 0. The van der Waals surface area contributed by atoms with Crippen molar-refractivity contribution in [1.82, 2.24) is 10.6 Å². The Bertz CT molecular complexity index is 497. The molecule has 0 saturated heterocycles. The first-order valence-electron chi connectivity index (χ1n) is 12.1. The molecule has 0 aliphatic carbocycles. The number of ether oxygens (including phenoxy) is 1. The van der Waals surface area contributed by atoms with Crippen LogP contribution in [0, 0.1) is 10.8 Å². The summed E-state index contributed by atoms with van der Waals surface area (Å²) in [5, 5.41) is 7.14. The first-order valence-corrected chi connectivity index (χ1v) is 12.1. The van der Waals surface area contributed by atoms with Gasteiger partial charge >= 0.3 is 0 Å². The molecule has 4 unspecified atom stereocenters. The molecule has 0 heterocycles. The fourth-order valence-corrected chi connectivity index (χ4v) is 5.29. The van der Waals surface area contributed by atoms with Crippen LogP contribution in [0.2, 0.25) is 0 Å². The molecule has 0 radical (unpaired) electrons. The van der Waals surface area contributed by atoms with Crippen LogP contribution in [-0.2, 0) is 4.74 Å². The Labute approximate surface area is 184 Å². The Morgan fingerprint density at radius 3 is 1.45 bits per heavy atom. The second-order valence-electron chi connectivity index (χ2n) is 11.7. The molecule has 0 bridgehead atoms. The highest BCUT2D eigenvalue weighted by Gasteiger charge is 2.50. The highest BCUT2D eigenvalue weighted by molar-refractivity contribution is 5.03. The summed E-state index contributed by atoms with van der Waals surface area (Å²) < 4.78 is 7.21. The third-order valence-electron chi connectivity index (χ3n) is 9.02. The second-order valence-corrected chi connectivity index (χ2v) is 11.7. The SMILES string of the molecule is CCC(C)(CC(C)(CC)C(C)(CC)NC)OC(C)(CC)C(C)(C)CC(C)(C)NC. The van der Waals surface area contributed by atoms with Gasteiger partial charge in [-0.1, -0.05) is 48.5 Å². The van der Waals surface area contributed by atoms with E-state index < -0.39 is 0 Å². The topological polar surface area (TPSA) is 33.3 Å². The molecule has 2 N–H and O–H groups in total. The van der Waals surface area contributed by atoms with E-state index >= 15 is 0 Å². The van der Waals surface area contributed by atoms with E-state index in [1.807, 2.05) is 0 Å². The lowest BCUT2D eigenvalue weighted by Gasteiger charge is -2.55. The van der Waals surface area contributed by atoms with E-state index in [4.69, 9.17) is 4.74 Å². The van der Waals surface area contributed by atoms with Crippen LogP contribution >= 0.6 is 0 Å². The van der Waals surface area contributed by atoms with E-state index in [0.29, 0.717) is 0 Å². The summed E-state index contributed by atoms with van der Waals surface area (Å²) in [4.78, 5) is 0.